The van der Waals surface area contributed by atoms with Crippen molar-refractivity contribution in [2.24, 2.45) is 5.92 Å². The van der Waals surface area contributed by atoms with Crippen molar-refractivity contribution in [3.8, 4) is 0 Å². The largest absolute Gasteiger partial charge is 0.478 e. The zero-order valence-corrected chi connectivity index (χ0v) is 23.8. The maximum atomic E-state index is 11.4. The Kier molecular flexibility index (Phi) is 11.3. The summed E-state index contributed by atoms with van der Waals surface area (Å²) in [6, 6.07) is 0. The number of halogens is 3. The Morgan fingerprint density at radius 2 is 1.47 bits per heavy atom. The fourth-order valence-electron chi connectivity index (χ4n) is 2.84. The molecule has 0 saturated heterocycles. The van der Waals surface area contributed by atoms with Gasteiger partial charge in [0.15, 0.2) is 0 Å². The Labute approximate surface area is 218 Å². The van der Waals surface area contributed by atoms with Crippen LogP contribution in [0.3, 0.4) is 0 Å². The van der Waals surface area contributed by atoms with Gasteiger partial charge in [-0.25, -0.2) is 4.79 Å². The van der Waals surface area contributed by atoms with Crippen LogP contribution in [0.4, 0.5) is 11.4 Å². The second-order valence-corrected chi connectivity index (χ2v) is 10.3. The predicted molar refractivity (Wildman–Crippen MR) is 146 cm³/mol. The fourth-order valence-corrected chi connectivity index (χ4v) is 7.00. The molecule has 1 aliphatic rings. The molecule has 0 aromatic heterocycles. The van der Waals surface area contributed by atoms with Crippen molar-refractivity contribution in [2.75, 3.05) is 10.6 Å². The van der Waals surface area contributed by atoms with Crippen LogP contribution >= 0.6 is 67.8 Å². The third kappa shape index (κ3) is 7.77. The molecule has 0 saturated carbocycles. The molecule has 6 nitrogen and oxygen atoms in total. The molecule has 1 aromatic carbocycles. The Bertz CT molecular complexity index is 867. The zero-order valence-electron chi connectivity index (χ0n) is 17.3. The topological polar surface area (TPSA) is 95.5 Å². The van der Waals surface area contributed by atoms with Crippen LogP contribution in [0.25, 0.3) is 0 Å². The van der Waals surface area contributed by atoms with E-state index < -0.39 is 5.97 Å². The van der Waals surface area contributed by atoms with Crippen LogP contribution in [-0.4, -0.2) is 22.9 Å². The highest BCUT2D eigenvalue weighted by molar-refractivity contribution is 14.1. The molecule has 1 unspecified atom stereocenters. The van der Waals surface area contributed by atoms with E-state index in [0.29, 0.717) is 22.1 Å². The van der Waals surface area contributed by atoms with Gasteiger partial charge in [-0.1, -0.05) is 23.8 Å². The quantitative estimate of drug-likeness (QED) is 0.245. The molecule has 164 valence electrons. The Morgan fingerprint density at radius 1 is 1.00 bits per heavy atom. The second-order valence-electron chi connectivity index (χ2n) is 7.10. The number of hydrogen-bond acceptors (Lipinski definition) is 3. The van der Waals surface area contributed by atoms with Gasteiger partial charge in [0.1, 0.15) is 0 Å². The van der Waals surface area contributed by atoms with Crippen molar-refractivity contribution in [3.05, 3.63) is 40.1 Å². The Balaban J connectivity index is 0.000000375. The van der Waals surface area contributed by atoms with E-state index in [1.165, 1.54) is 38.7 Å². The van der Waals surface area contributed by atoms with Gasteiger partial charge in [0.25, 0.3) is 0 Å². The van der Waals surface area contributed by atoms with Crippen molar-refractivity contribution in [2.45, 2.75) is 47.0 Å². The number of aromatic carboxylic acids is 1. The first-order chi connectivity index (χ1) is 13.9. The van der Waals surface area contributed by atoms with Gasteiger partial charge in [0, 0.05) is 13.8 Å². The smallest absolute Gasteiger partial charge is 0.338 e. The lowest BCUT2D eigenvalue weighted by molar-refractivity contribution is -0.115. The minimum absolute atomic E-state index is 0.0547. The van der Waals surface area contributed by atoms with E-state index in [2.05, 4.69) is 37.1 Å². The van der Waals surface area contributed by atoms with E-state index >= 15 is 0 Å². The lowest BCUT2D eigenvalue weighted by Gasteiger charge is -2.19. The molecule has 0 fully saturated rings. The standard InChI is InChI=1S/C11H9I3N2O4.C10H16/c1-3(17)15-9-6(12)5(11(19)20)7(13)10(8(9)14)16-4(2)18;1-8(2)10-6-4-9(3)5-7-10/h1-2H3,(H,15,17)(H,16,18)(H,19,20);4,10H,1,5-7H2,2-3H3. The molecule has 0 heterocycles. The maximum absolute atomic E-state index is 11.4. The van der Waals surface area contributed by atoms with Gasteiger partial charge in [0.05, 0.1) is 27.6 Å². The van der Waals surface area contributed by atoms with E-state index in [1.54, 1.807) is 5.57 Å². The minimum Gasteiger partial charge on any atom is -0.478 e. The normalized spacial score (nSPS) is 15.3. The molecule has 2 amide bonds. The van der Waals surface area contributed by atoms with Crippen LogP contribution in [0.1, 0.15) is 57.3 Å². The van der Waals surface area contributed by atoms with E-state index in [1.807, 2.05) is 67.8 Å². The van der Waals surface area contributed by atoms with Gasteiger partial charge in [-0.3, -0.25) is 9.59 Å². The first kappa shape index (κ1) is 27.3. The third-order valence-electron chi connectivity index (χ3n) is 4.47. The predicted octanol–water partition coefficient (Wildman–Crippen LogP) is 6.42. The summed E-state index contributed by atoms with van der Waals surface area (Å²) < 4.78 is 1.44. The average molecular weight is 750 g/mol. The van der Waals surface area contributed by atoms with Crippen LogP contribution in [0.2, 0.25) is 0 Å². The Morgan fingerprint density at radius 3 is 1.77 bits per heavy atom. The molecule has 30 heavy (non-hydrogen) atoms. The summed E-state index contributed by atoms with van der Waals surface area (Å²) in [6.07, 6.45) is 6.17. The van der Waals surface area contributed by atoms with E-state index in [0.717, 1.165) is 5.92 Å². The molecule has 0 radical (unpaired) electrons. The van der Waals surface area contributed by atoms with Gasteiger partial charge in [0.2, 0.25) is 11.8 Å². The van der Waals surface area contributed by atoms with Crippen LogP contribution in [0, 0.1) is 16.6 Å². The molecule has 2 rings (SSSR count). The third-order valence-corrected chi connectivity index (χ3v) is 7.70. The number of benzene rings is 1. The number of allylic oxidation sites excluding steroid dienone is 3. The highest BCUT2D eigenvalue weighted by atomic mass is 127. The molecule has 9 heteroatoms. The number of carboxylic acids is 1. The van der Waals surface area contributed by atoms with Crippen LogP contribution in [-0.2, 0) is 9.59 Å². The first-order valence-corrected chi connectivity index (χ1v) is 12.4. The number of carbonyl (C=O) groups is 3. The molecular weight excluding hydrogens is 725 g/mol. The highest BCUT2D eigenvalue weighted by Crippen LogP contribution is 2.38. The summed E-state index contributed by atoms with van der Waals surface area (Å²) in [5.41, 5.74) is 3.74. The van der Waals surface area contributed by atoms with Gasteiger partial charge in [-0.2, -0.15) is 0 Å². The molecule has 3 N–H and O–H groups in total. The second kappa shape index (κ2) is 12.4. The van der Waals surface area contributed by atoms with Crippen LogP contribution in [0.15, 0.2) is 23.8 Å². The SMILES string of the molecule is C=C(C)C1CC=C(C)CC1.CC(=O)Nc1c(I)c(NC(C)=O)c(I)c(C(=O)O)c1I. The lowest BCUT2D eigenvalue weighted by Crippen LogP contribution is -2.17. The summed E-state index contributed by atoms with van der Waals surface area (Å²) in [5, 5.41) is 14.5. The number of anilines is 2. The molecule has 0 bridgehead atoms. The number of hydrogen-bond donors (Lipinski definition) is 3. The summed E-state index contributed by atoms with van der Waals surface area (Å²) in [5.74, 6) is -0.976. The molecule has 1 aliphatic carbocycles. The van der Waals surface area contributed by atoms with E-state index in [4.69, 9.17) is 0 Å². The van der Waals surface area contributed by atoms with Crippen molar-refractivity contribution in [1.82, 2.24) is 0 Å². The molecular formula is C21H25I3N2O4. The monoisotopic (exact) mass is 750 g/mol. The number of carbonyl (C=O) groups excluding carboxylic acids is 2. The van der Waals surface area contributed by atoms with Gasteiger partial charge < -0.3 is 15.7 Å². The summed E-state index contributed by atoms with van der Waals surface area (Å²) in [7, 11) is 0. The minimum atomic E-state index is -1.12. The van der Waals surface area contributed by atoms with Gasteiger partial charge >= 0.3 is 5.97 Å². The van der Waals surface area contributed by atoms with Gasteiger partial charge in [-0.15, -0.1) is 0 Å². The molecule has 1 atom stereocenters. The molecule has 1 aromatic rings. The van der Waals surface area contributed by atoms with Crippen LogP contribution < -0.4 is 10.6 Å². The van der Waals surface area contributed by atoms with E-state index in [9.17, 15) is 19.5 Å². The Hall–Kier alpha value is -0.700. The summed E-state index contributed by atoms with van der Waals surface area (Å²) in [4.78, 5) is 33.9. The summed E-state index contributed by atoms with van der Waals surface area (Å²) in [6.45, 7) is 11.0. The maximum Gasteiger partial charge on any atom is 0.338 e. The summed E-state index contributed by atoms with van der Waals surface area (Å²) >= 11 is 5.71. The average Bonchev–Trinajstić information content (AvgIpc) is 2.62. The van der Waals surface area contributed by atoms with Gasteiger partial charge in [-0.05, 0) is 107 Å². The number of nitrogens with one attached hydrogen (secondary N) is 2. The first-order valence-electron chi connectivity index (χ1n) is 9.16. The van der Waals surface area contributed by atoms with Crippen molar-refractivity contribution in [1.29, 1.82) is 0 Å². The zero-order chi connectivity index (χ0) is 23.2. The number of amides is 2. The number of carboxylic acid groups (broad SMARTS) is 1. The molecule has 0 spiro atoms. The van der Waals surface area contributed by atoms with Crippen LogP contribution in [0.5, 0.6) is 0 Å². The van der Waals surface area contributed by atoms with Crippen molar-refractivity contribution < 1.29 is 19.5 Å². The van der Waals surface area contributed by atoms with Crippen molar-refractivity contribution >= 4 is 96.9 Å². The van der Waals surface area contributed by atoms with E-state index in [-0.39, 0.29) is 17.4 Å². The number of rotatable bonds is 4. The highest BCUT2D eigenvalue weighted by Gasteiger charge is 2.25. The molecule has 0 aliphatic heterocycles. The fraction of sp³-hybridized carbons (Fsp3) is 0.381. The lowest BCUT2D eigenvalue weighted by atomic mass is 9.86. The van der Waals surface area contributed by atoms with Crippen molar-refractivity contribution in [3.63, 3.8) is 0 Å².